The third-order valence-electron chi connectivity index (χ3n) is 16.5. The minimum absolute atomic E-state index is 0.0128. The Morgan fingerprint density at radius 3 is 0.628 bits per heavy atom. The second-order valence-corrected chi connectivity index (χ2v) is 25.0. The largest absolute Gasteiger partial charge is 0.545 e. The standard InChI is InChI=1S/2C28H60N.C14H10O5S/c2*1-5-9-13-17-21-25-29(26-22-18-14-10-6-2,27-23-19-15-11-7-3)28-24-20-16-12-8-4;15-13(16)9-5-1-3-7-11(9)20(19)12-8-4-2-6-10(12)14(17)18/h2*5-28H2,1-4H3;1-8H,(H,15,16)(H,17,18)/q2*+1;/p-2. The summed E-state index contributed by atoms with van der Waals surface area (Å²) >= 11 is 0. The topological polar surface area (TPSA) is 97.3 Å². The predicted octanol–water partition coefficient (Wildman–Crippen LogP) is 18.9. The first-order valence-electron chi connectivity index (χ1n) is 33.7. The van der Waals surface area contributed by atoms with Gasteiger partial charge in [-0.25, -0.2) is 4.21 Å². The Balaban J connectivity index is 0.00000116. The minimum atomic E-state index is -1.95. The number of hydrogen-bond acceptors (Lipinski definition) is 5. The molecule has 2 rings (SSSR count). The summed E-state index contributed by atoms with van der Waals surface area (Å²) in [6, 6.07) is 11.2. The SMILES string of the molecule is CCCCCCC[N+](CCCCCCC)(CCCCCCC)CCCCCCC.CCCCCCC[N+](CCCCCCC)(CCCCCCC)CCCCCCC.O=C([O-])c1ccccc1S(=O)c1ccccc1C(=O)[O-]. The summed E-state index contributed by atoms with van der Waals surface area (Å²) < 4.78 is 15.4. The molecule has 0 atom stereocenters. The van der Waals surface area contributed by atoms with Gasteiger partial charge in [0.25, 0.3) is 0 Å². The number of quaternary nitrogens is 2. The maximum absolute atomic E-state index is 12.4. The van der Waals surface area contributed by atoms with Crippen LogP contribution in [0.15, 0.2) is 58.3 Å². The van der Waals surface area contributed by atoms with Crippen molar-refractivity contribution in [1.29, 1.82) is 0 Å². The Kier molecular flexibility index (Phi) is 52.0. The first-order valence-corrected chi connectivity index (χ1v) is 34.9. The number of carboxylic acid groups (broad SMARTS) is 2. The number of hydrogen-bond donors (Lipinski definition) is 0. The first kappa shape index (κ1) is 75.5. The maximum atomic E-state index is 12.4. The van der Waals surface area contributed by atoms with Gasteiger partial charge in [0.1, 0.15) is 0 Å². The molecule has 2 aromatic rings. The summed E-state index contributed by atoms with van der Waals surface area (Å²) in [5.41, 5.74) is -0.474. The molecule has 0 amide bonds. The molecule has 78 heavy (non-hydrogen) atoms. The van der Waals surface area contributed by atoms with E-state index < -0.39 is 22.7 Å². The zero-order valence-electron chi connectivity index (χ0n) is 52.9. The molecule has 0 radical (unpaired) electrons. The van der Waals surface area contributed by atoms with Crippen LogP contribution in [-0.4, -0.2) is 77.5 Å². The van der Waals surface area contributed by atoms with Crippen LogP contribution in [0.1, 0.15) is 333 Å². The van der Waals surface area contributed by atoms with Crippen LogP contribution in [-0.2, 0) is 10.8 Å². The second kappa shape index (κ2) is 53.7. The van der Waals surface area contributed by atoms with Gasteiger partial charge in [-0.05, 0) is 115 Å². The van der Waals surface area contributed by atoms with Crippen molar-refractivity contribution in [3.05, 3.63) is 59.7 Å². The Labute approximate surface area is 487 Å². The monoisotopic (exact) mass is 1110 g/mol. The first-order chi connectivity index (χ1) is 38.0. The van der Waals surface area contributed by atoms with Crippen LogP contribution >= 0.6 is 0 Å². The average molecular weight is 1110 g/mol. The highest BCUT2D eigenvalue weighted by molar-refractivity contribution is 7.85. The number of rotatable bonds is 52. The van der Waals surface area contributed by atoms with Gasteiger partial charge in [0.2, 0.25) is 0 Å². The predicted molar refractivity (Wildman–Crippen MR) is 336 cm³/mol. The van der Waals surface area contributed by atoms with Crippen LogP contribution in [0.3, 0.4) is 0 Å². The lowest BCUT2D eigenvalue weighted by molar-refractivity contribution is -0.929. The highest BCUT2D eigenvalue weighted by atomic mass is 32.2. The van der Waals surface area contributed by atoms with Gasteiger partial charge in [0.15, 0.2) is 0 Å². The lowest BCUT2D eigenvalue weighted by atomic mass is 10.1. The lowest BCUT2D eigenvalue weighted by Crippen LogP contribution is -2.50. The quantitative estimate of drug-likeness (QED) is 0.0486. The van der Waals surface area contributed by atoms with Crippen molar-refractivity contribution in [3.8, 4) is 0 Å². The van der Waals surface area contributed by atoms with Crippen molar-refractivity contribution in [2.24, 2.45) is 0 Å². The van der Waals surface area contributed by atoms with Crippen LogP contribution in [0.5, 0.6) is 0 Å². The number of carbonyl (C=O) groups excluding carboxylic acids is 2. The van der Waals surface area contributed by atoms with Crippen LogP contribution in [0.4, 0.5) is 0 Å². The smallest absolute Gasteiger partial charge is 0.0863 e. The van der Waals surface area contributed by atoms with Crippen molar-refractivity contribution >= 4 is 22.7 Å². The van der Waals surface area contributed by atoms with Crippen LogP contribution in [0, 0.1) is 0 Å². The van der Waals surface area contributed by atoms with E-state index in [9.17, 15) is 24.0 Å². The molecule has 0 aliphatic rings. The molecular weight excluding hydrogens is 981 g/mol. The summed E-state index contributed by atoms with van der Waals surface area (Å²) in [7, 11) is -1.95. The Bertz CT molecular complexity index is 1440. The van der Waals surface area contributed by atoms with Gasteiger partial charge < -0.3 is 28.8 Å². The van der Waals surface area contributed by atoms with Gasteiger partial charge in [-0.2, -0.15) is 0 Å². The van der Waals surface area contributed by atoms with Crippen LogP contribution < -0.4 is 10.2 Å². The Morgan fingerprint density at radius 2 is 0.462 bits per heavy atom. The molecule has 0 saturated carbocycles. The number of carboxylic acids is 2. The van der Waals surface area contributed by atoms with Gasteiger partial charge in [-0.15, -0.1) is 0 Å². The summed E-state index contributed by atoms with van der Waals surface area (Å²) in [6.07, 6.45) is 57.6. The fraction of sp³-hybridized carbons (Fsp3) is 0.800. The summed E-state index contributed by atoms with van der Waals surface area (Å²) in [4.78, 5) is 22.0. The number of unbranched alkanes of at least 4 members (excludes halogenated alkanes) is 32. The fourth-order valence-corrected chi connectivity index (χ4v) is 12.8. The lowest BCUT2D eigenvalue weighted by Gasteiger charge is -2.40. The molecule has 8 heteroatoms. The van der Waals surface area contributed by atoms with E-state index in [0.29, 0.717) is 0 Å². The molecule has 7 nitrogen and oxygen atoms in total. The Hall–Kier alpha value is -2.55. The highest BCUT2D eigenvalue weighted by Crippen LogP contribution is 2.25. The molecular formula is C70H128N2O5S. The third kappa shape index (κ3) is 39.0. The fourth-order valence-electron chi connectivity index (χ4n) is 11.5. The molecule has 2 aromatic carbocycles. The number of benzene rings is 2. The normalized spacial score (nSPS) is 11.6. The number of aromatic carboxylic acids is 2. The van der Waals surface area contributed by atoms with E-state index in [1.165, 1.54) is 367 Å². The van der Waals surface area contributed by atoms with Crippen molar-refractivity contribution < 1.29 is 33.0 Å². The molecule has 0 spiro atoms. The van der Waals surface area contributed by atoms with E-state index in [1.807, 2.05) is 0 Å². The van der Waals surface area contributed by atoms with E-state index in [1.54, 1.807) is 0 Å². The van der Waals surface area contributed by atoms with Gasteiger partial charge in [0.05, 0.1) is 84.9 Å². The van der Waals surface area contributed by atoms with Crippen molar-refractivity contribution in [2.75, 3.05) is 52.4 Å². The molecule has 0 aromatic heterocycles. The van der Waals surface area contributed by atoms with Crippen molar-refractivity contribution in [2.45, 2.75) is 322 Å². The van der Waals surface area contributed by atoms with E-state index in [2.05, 4.69) is 55.4 Å². The zero-order chi connectivity index (χ0) is 57.6. The molecule has 0 bridgehead atoms. The molecule has 0 aliphatic heterocycles. The van der Waals surface area contributed by atoms with E-state index in [0.717, 1.165) is 0 Å². The summed E-state index contributed by atoms with van der Waals surface area (Å²) in [5, 5.41) is 22.0. The summed E-state index contributed by atoms with van der Waals surface area (Å²) in [5.74, 6) is -2.94. The van der Waals surface area contributed by atoms with E-state index in [-0.39, 0.29) is 20.9 Å². The van der Waals surface area contributed by atoms with Crippen LogP contribution in [0.2, 0.25) is 0 Å². The second-order valence-electron chi connectivity index (χ2n) is 23.6. The molecule has 0 fully saturated rings. The van der Waals surface area contributed by atoms with Crippen molar-refractivity contribution in [1.82, 2.24) is 0 Å². The van der Waals surface area contributed by atoms with E-state index in [4.69, 9.17) is 0 Å². The molecule has 0 heterocycles. The molecule has 0 saturated heterocycles. The summed E-state index contributed by atoms with van der Waals surface area (Å²) in [6.45, 7) is 30.5. The van der Waals surface area contributed by atoms with Gasteiger partial charge in [-0.1, -0.05) is 246 Å². The maximum Gasteiger partial charge on any atom is 0.0863 e. The number of nitrogens with zero attached hydrogens (tertiary/aromatic N) is 2. The van der Waals surface area contributed by atoms with Gasteiger partial charge >= 0.3 is 0 Å². The molecule has 0 unspecified atom stereocenters. The zero-order valence-corrected chi connectivity index (χ0v) is 53.7. The van der Waals surface area contributed by atoms with Crippen molar-refractivity contribution in [3.63, 3.8) is 0 Å². The van der Waals surface area contributed by atoms with Gasteiger partial charge in [0, 0.05) is 11.1 Å². The van der Waals surface area contributed by atoms with Crippen LogP contribution in [0.25, 0.3) is 0 Å². The molecule has 0 aliphatic carbocycles. The number of carbonyl (C=O) groups is 2. The van der Waals surface area contributed by atoms with Gasteiger partial charge in [-0.3, -0.25) is 0 Å². The Morgan fingerprint density at radius 1 is 0.295 bits per heavy atom. The molecule has 0 N–H and O–H groups in total. The average Bonchev–Trinajstić information content (AvgIpc) is 3.44. The van der Waals surface area contributed by atoms with E-state index >= 15 is 0 Å². The minimum Gasteiger partial charge on any atom is -0.545 e. The molecule has 454 valence electrons. The highest BCUT2D eigenvalue weighted by Gasteiger charge is 2.27. The third-order valence-corrected chi connectivity index (χ3v) is 18.0.